The highest BCUT2D eigenvalue weighted by molar-refractivity contribution is 5.80. The molecule has 1 saturated heterocycles. The van der Waals surface area contributed by atoms with Gasteiger partial charge in [0.05, 0.1) is 5.92 Å². The van der Waals surface area contributed by atoms with Crippen LogP contribution in [-0.4, -0.2) is 18.5 Å². The van der Waals surface area contributed by atoms with Gasteiger partial charge in [-0.25, -0.2) is 0 Å². The topological polar surface area (TPSA) is 55.1 Å². The van der Waals surface area contributed by atoms with Gasteiger partial charge in [-0.3, -0.25) is 4.79 Å². The summed E-state index contributed by atoms with van der Waals surface area (Å²) in [5.74, 6) is 0.0266. The van der Waals surface area contributed by atoms with E-state index in [2.05, 4.69) is 5.32 Å². The smallest absolute Gasteiger partial charge is 0.225 e. The van der Waals surface area contributed by atoms with Crippen LogP contribution in [0.15, 0.2) is 30.3 Å². The number of rotatable bonds is 2. The molecular formula is C13H18N2O. The average molecular weight is 218 g/mol. The van der Waals surface area contributed by atoms with E-state index in [4.69, 9.17) is 5.73 Å². The van der Waals surface area contributed by atoms with E-state index in [0.29, 0.717) is 0 Å². The molecular weight excluding hydrogens is 200 g/mol. The van der Waals surface area contributed by atoms with Gasteiger partial charge in [0.1, 0.15) is 0 Å². The highest BCUT2D eigenvalue weighted by Crippen LogP contribution is 2.17. The summed E-state index contributed by atoms with van der Waals surface area (Å²) in [5.41, 5.74) is 7.24. The van der Waals surface area contributed by atoms with Crippen molar-refractivity contribution in [2.45, 2.75) is 25.3 Å². The maximum Gasteiger partial charge on any atom is 0.225 e. The van der Waals surface area contributed by atoms with Crippen molar-refractivity contribution in [3.63, 3.8) is 0 Å². The van der Waals surface area contributed by atoms with Crippen molar-refractivity contribution in [1.82, 2.24) is 5.32 Å². The number of nitrogens with one attached hydrogen (secondary N) is 1. The SMILES string of the molecule is N[C@H]1CCCNC(=O)C1Cc1ccccc1. The molecule has 1 fully saturated rings. The third-order valence-corrected chi connectivity index (χ3v) is 3.17. The van der Waals surface area contributed by atoms with Gasteiger partial charge in [0.15, 0.2) is 0 Å². The summed E-state index contributed by atoms with van der Waals surface area (Å²) in [7, 11) is 0. The summed E-state index contributed by atoms with van der Waals surface area (Å²) >= 11 is 0. The van der Waals surface area contributed by atoms with Crippen LogP contribution in [0.1, 0.15) is 18.4 Å². The molecule has 1 amide bonds. The fourth-order valence-electron chi connectivity index (χ4n) is 2.19. The standard InChI is InChI=1S/C13H18N2O/c14-12-7-4-8-15-13(16)11(12)9-10-5-2-1-3-6-10/h1-3,5-6,11-12H,4,7-9,14H2,(H,15,16)/t11?,12-/m0/s1. The molecule has 3 N–H and O–H groups in total. The fourth-order valence-corrected chi connectivity index (χ4v) is 2.19. The van der Waals surface area contributed by atoms with Gasteiger partial charge in [-0.15, -0.1) is 0 Å². The van der Waals surface area contributed by atoms with Gasteiger partial charge in [0.2, 0.25) is 5.91 Å². The molecule has 1 unspecified atom stereocenters. The molecule has 1 aromatic carbocycles. The molecule has 1 aliphatic rings. The molecule has 3 nitrogen and oxygen atoms in total. The number of hydrogen-bond donors (Lipinski definition) is 2. The molecule has 0 aromatic heterocycles. The van der Waals surface area contributed by atoms with E-state index >= 15 is 0 Å². The largest absolute Gasteiger partial charge is 0.356 e. The van der Waals surface area contributed by atoms with E-state index in [1.807, 2.05) is 30.3 Å². The molecule has 1 aromatic rings. The molecule has 2 atom stereocenters. The summed E-state index contributed by atoms with van der Waals surface area (Å²) < 4.78 is 0. The Kier molecular flexibility index (Phi) is 3.57. The van der Waals surface area contributed by atoms with E-state index in [9.17, 15) is 4.79 Å². The zero-order valence-electron chi connectivity index (χ0n) is 9.36. The quantitative estimate of drug-likeness (QED) is 0.780. The lowest BCUT2D eigenvalue weighted by atomic mass is 9.90. The van der Waals surface area contributed by atoms with Crippen LogP contribution in [0.5, 0.6) is 0 Å². The Bertz CT molecular complexity index is 350. The summed E-state index contributed by atoms with van der Waals surface area (Å²) in [5, 5.41) is 2.93. The van der Waals surface area contributed by atoms with E-state index in [1.54, 1.807) is 0 Å². The van der Waals surface area contributed by atoms with E-state index in [1.165, 1.54) is 5.56 Å². The van der Waals surface area contributed by atoms with Crippen LogP contribution >= 0.6 is 0 Å². The minimum absolute atomic E-state index is 0.0114. The van der Waals surface area contributed by atoms with Crippen molar-refractivity contribution in [2.24, 2.45) is 11.7 Å². The first-order chi connectivity index (χ1) is 7.77. The van der Waals surface area contributed by atoms with E-state index in [-0.39, 0.29) is 17.9 Å². The van der Waals surface area contributed by atoms with Gasteiger partial charge in [-0.2, -0.15) is 0 Å². The first-order valence-corrected chi connectivity index (χ1v) is 5.84. The Morgan fingerprint density at radius 1 is 1.31 bits per heavy atom. The van der Waals surface area contributed by atoms with Gasteiger partial charge < -0.3 is 11.1 Å². The maximum absolute atomic E-state index is 11.8. The minimum Gasteiger partial charge on any atom is -0.356 e. The van der Waals surface area contributed by atoms with Crippen LogP contribution in [0.3, 0.4) is 0 Å². The summed E-state index contributed by atoms with van der Waals surface area (Å²) in [4.78, 5) is 11.8. The Morgan fingerprint density at radius 3 is 2.81 bits per heavy atom. The predicted octanol–water partition coefficient (Wildman–Crippen LogP) is 1.08. The highest BCUT2D eigenvalue weighted by Gasteiger charge is 2.27. The zero-order chi connectivity index (χ0) is 11.4. The predicted molar refractivity (Wildman–Crippen MR) is 63.9 cm³/mol. The van der Waals surface area contributed by atoms with Crippen molar-refractivity contribution in [3.05, 3.63) is 35.9 Å². The Morgan fingerprint density at radius 2 is 2.06 bits per heavy atom. The van der Waals surface area contributed by atoms with Gasteiger partial charge in [-0.1, -0.05) is 30.3 Å². The van der Waals surface area contributed by atoms with E-state index < -0.39 is 0 Å². The molecule has 16 heavy (non-hydrogen) atoms. The number of amides is 1. The molecule has 3 heteroatoms. The normalized spacial score (nSPS) is 25.9. The third kappa shape index (κ3) is 2.61. The van der Waals surface area contributed by atoms with Crippen LogP contribution in [0.25, 0.3) is 0 Å². The summed E-state index contributed by atoms with van der Waals surface area (Å²) in [6.45, 7) is 0.762. The van der Waals surface area contributed by atoms with Gasteiger partial charge in [0.25, 0.3) is 0 Å². The minimum atomic E-state index is -0.0788. The monoisotopic (exact) mass is 218 g/mol. The first-order valence-electron chi connectivity index (χ1n) is 5.84. The lowest BCUT2D eigenvalue weighted by Crippen LogP contribution is -2.40. The van der Waals surface area contributed by atoms with Crippen LogP contribution in [0, 0.1) is 5.92 Å². The van der Waals surface area contributed by atoms with Crippen LogP contribution in [0.2, 0.25) is 0 Å². The second-order valence-corrected chi connectivity index (χ2v) is 4.39. The van der Waals surface area contributed by atoms with Crippen molar-refractivity contribution >= 4 is 5.91 Å². The second-order valence-electron chi connectivity index (χ2n) is 4.39. The van der Waals surface area contributed by atoms with Crippen molar-refractivity contribution < 1.29 is 4.79 Å². The molecule has 1 heterocycles. The fraction of sp³-hybridized carbons (Fsp3) is 0.462. The lowest BCUT2D eigenvalue weighted by Gasteiger charge is -2.19. The highest BCUT2D eigenvalue weighted by atomic mass is 16.1. The molecule has 0 bridgehead atoms. The number of hydrogen-bond acceptors (Lipinski definition) is 2. The molecule has 1 aliphatic heterocycles. The van der Waals surface area contributed by atoms with Gasteiger partial charge >= 0.3 is 0 Å². The average Bonchev–Trinajstić information content (AvgIpc) is 2.46. The van der Waals surface area contributed by atoms with Crippen molar-refractivity contribution in [3.8, 4) is 0 Å². The third-order valence-electron chi connectivity index (χ3n) is 3.17. The molecule has 2 rings (SSSR count). The maximum atomic E-state index is 11.8. The molecule has 0 radical (unpaired) electrons. The Hall–Kier alpha value is -1.35. The van der Waals surface area contributed by atoms with Crippen LogP contribution < -0.4 is 11.1 Å². The lowest BCUT2D eigenvalue weighted by molar-refractivity contribution is -0.125. The van der Waals surface area contributed by atoms with Crippen LogP contribution in [0.4, 0.5) is 0 Å². The number of benzene rings is 1. The number of nitrogens with two attached hydrogens (primary N) is 1. The summed E-state index contributed by atoms with van der Waals surface area (Å²) in [6.07, 6.45) is 2.66. The summed E-state index contributed by atoms with van der Waals surface area (Å²) in [6, 6.07) is 10.1. The molecule has 0 aliphatic carbocycles. The first kappa shape index (κ1) is 11.1. The van der Waals surface area contributed by atoms with Gasteiger partial charge in [0, 0.05) is 12.6 Å². The van der Waals surface area contributed by atoms with Crippen molar-refractivity contribution in [2.75, 3.05) is 6.54 Å². The van der Waals surface area contributed by atoms with Gasteiger partial charge in [-0.05, 0) is 24.8 Å². The molecule has 0 saturated carbocycles. The number of carbonyl (C=O) groups excluding carboxylic acids is 1. The van der Waals surface area contributed by atoms with Crippen molar-refractivity contribution in [1.29, 1.82) is 0 Å². The number of carbonyl (C=O) groups is 1. The zero-order valence-corrected chi connectivity index (χ0v) is 9.36. The van der Waals surface area contributed by atoms with E-state index in [0.717, 1.165) is 25.8 Å². The Labute approximate surface area is 96.0 Å². The molecule has 86 valence electrons. The van der Waals surface area contributed by atoms with Crippen LogP contribution in [-0.2, 0) is 11.2 Å². The molecule has 0 spiro atoms. The second kappa shape index (κ2) is 5.12. The Balaban J connectivity index is 2.09.